The summed E-state index contributed by atoms with van der Waals surface area (Å²) in [6.45, 7) is 1.64. The van der Waals surface area contributed by atoms with E-state index < -0.39 is 29.2 Å². The number of carbonyl (C=O) groups is 3. The summed E-state index contributed by atoms with van der Waals surface area (Å²) in [7, 11) is 0. The van der Waals surface area contributed by atoms with Crippen LogP contribution in [-0.2, 0) is 19.1 Å². The summed E-state index contributed by atoms with van der Waals surface area (Å²) in [5.41, 5.74) is 0.0646. The van der Waals surface area contributed by atoms with Gasteiger partial charge in [0.15, 0.2) is 5.57 Å². The average molecular weight is 332 g/mol. The smallest absolute Gasteiger partial charge is 0.352 e. The minimum atomic E-state index is -1.07. The molecule has 1 amide bonds. The van der Waals surface area contributed by atoms with Crippen LogP contribution in [0.1, 0.15) is 25.3 Å². The third-order valence-electron chi connectivity index (χ3n) is 2.84. The van der Waals surface area contributed by atoms with Crippen molar-refractivity contribution in [2.24, 2.45) is 0 Å². The van der Waals surface area contributed by atoms with E-state index in [4.69, 9.17) is 10.4 Å². The quantitative estimate of drug-likeness (QED) is 0.300. The van der Waals surface area contributed by atoms with Crippen LogP contribution in [0.15, 0.2) is 29.8 Å². The van der Waals surface area contributed by atoms with Crippen molar-refractivity contribution in [2.75, 3.05) is 11.9 Å². The maximum absolute atomic E-state index is 11.6. The number of aliphatic carboxylic acids is 1. The van der Waals surface area contributed by atoms with Gasteiger partial charge in [-0.05, 0) is 31.2 Å². The molecule has 1 aromatic rings. The summed E-state index contributed by atoms with van der Waals surface area (Å²) in [4.78, 5) is 33.5. The maximum Gasteiger partial charge on any atom is 0.352 e. The summed E-state index contributed by atoms with van der Waals surface area (Å²) in [6, 6.07) is 7.29. The van der Waals surface area contributed by atoms with Crippen LogP contribution in [0, 0.1) is 11.3 Å². The number of hydrogen-bond acceptors (Lipinski definition) is 6. The number of esters is 1. The van der Waals surface area contributed by atoms with E-state index in [1.165, 1.54) is 24.3 Å². The minimum Gasteiger partial charge on any atom is -0.506 e. The normalized spacial score (nSPS) is 11.0. The van der Waals surface area contributed by atoms with E-state index in [2.05, 4.69) is 10.1 Å². The Labute approximate surface area is 138 Å². The zero-order valence-corrected chi connectivity index (χ0v) is 12.9. The van der Waals surface area contributed by atoms with E-state index in [-0.39, 0.29) is 25.0 Å². The molecule has 0 bridgehead atoms. The predicted molar refractivity (Wildman–Crippen MR) is 83.7 cm³/mol. The highest BCUT2D eigenvalue weighted by Gasteiger charge is 2.17. The lowest BCUT2D eigenvalue weighted by Gasteiger charge is -2.07. The van der Waals surface area contributed by atoms with Crippen molar-refractivity contribution in [3.63, 3.8) is 0 Å². The zero-order chi connectivity index (χ0) is 18.1. The minimum absolute atomic E-state index is 0.0681. The molecular weight excluding hydrogens is 316 g/mol. The molecule has 0 radical (unpaired) electrons. The molecule has 24 heavy (non-hydrogen) atoms. The number of carboxylic acids is 1. The van der Waals surface area contributed by atoms with Crippen LogP contribution < -0.4 is 5.32 Å². The predicted octanol–water partition coefficient (Wildman–Crippen LogP) is 1.85. The largest absolute Gasteiger partial charge is 0.506 e. The number of carbonyl (C=O) groups excluding carboxylic acids is 2. The first-order valence-corrected chi connectivity index (χ1v) is 7.01. The number of nitriles is 1. The topological polar surface area (TPSA) is 137 Å². The number of amides is 1. The molecule has 0 aromatic heterocycles. The second kappa shape index (κ2) is 8.95. The van der Waals surface area contributed by atoms with Gasteiger partial charge in [-0.15, -0.1) is 0 Å². The van der Waals surface area contributed by atoms with Crippen molar-refractivity contribution in [2.45, 2.75) is 19.8 Å². The number of rotatable bonds is 7. The molecule has 0 atom stereocenters. The van der Waals surface area contributed by atoms with Crippen molar-refractivity contribution in [3.8, 4) is 6.07 Å². The number of aliphatic hydroxyl groups is 1. The molecule has 0 fully saturated rings. The Morgan fingerprint density at radius 2 is 1.79 bits per heavy atom. The van der Waals surface area contributed by atoms with Gasteiger partial charge in [0.1, 0.15) is 11.8 Å². The number of carboxylic acid groups (broad SMARTS) is 1. The average Bonchev–Trinajstić information content (AvgIpc) is 2.54. The van der Waals surface area contributed by atoms with Crippen LogP contribution in [0.3, 0.4) is 0 Å². The highest BCUT2D eigenvalue weighted by molar-refractivity contribution is 6.00. The first-order valence-electron chi connectivity index (χ1n) is 7.01. The molecule has 126 valence electrons. The van der Waals surface area contributed by atoms with Crippen LogP contribution in [-0.4, -0.2) is 34.7 Å². The lowest BCUT2D eigenvalue weighted by Crippen LogP contribution is -2.13. The summed E-state index contributed by atoms with van der Waals surface area (Å²) in [6.07, 6.45) is -0.442. The standard InChI is InChI=1S/C16H16N2O6/c1-2-24-16(23)12(9-17)15(22)10-3-5-11(6-4-10)18-13(19)7-8-14(20)21/h3-6,22H,2,7-8H2,1H3,(H,18,19)(H,20,21)/b15-12-. The number of benzene rings is 1. The Hall–Kier alpha value is -3.34. The summed E-state index contributed by atoms with van der Waals surface area (Å²) >= 11 is 0. The van der Waals surface area contributed by atoms with Gasteiger partial charge < -0.3 is 20.3 Å². The van der Waals surface area contributed by atoms with Crippen molar-refractivity contribution in [3.05, 3.63) is 35.4 Å². The highest BCUT2D eigenvalue weighted by atomic mass is 16.5. The maximum atomic E-state index is 11.6. The molecule has 1 rings (SSSR count). The van der Waals surface area contributed by atoms with E-state index in [9.17, 15) is 19.5 Å². The molecule has 0 spiro atoms. The van der Waals surface area contributed by atoms with Gasteiger partial charge in [-0.2, -0.15) is 5.26 Å². The highest BCUT2D eigenvalue weighted by Crippen LogP contribution is 2.19. The fraction of sp³-hybridized carbons (Fsp3) is 0.250. The molecule has 0 unspecified atom stereocenters. The number of ether oxygens (including phenoxy) is 1. The third-order valence-corrected chi connectivity index (χ3v) is 2.84. The van der Waals surface area contributed by atoms with Crippen molar-refractivity contribution in [1.29, 1.82) is 5.26 Å². The number of aliphatic hydroxyl groups excluding tert-OH is 1. The molecule has 1 aromatic carbocycles. The van der Waals surface area contributed by atoms with Gasteiger partial charge in [-0.25, -0.2) is 4.79 Å². The van der Waals surface area contributed by atoms with Crippen LogP contribution in [0.2, 0.25) is 0 Å². The van der Waals surface area contributed by atoms with Gasteiger partial charge in [0.05, 0.1) is 13.0 Å². The first-order chi connectivity index (χ1) is 11.4. The third kappa shape index (κ3) is 5.46. The second-order valence-corrected chi connectivity index (χ2v) is 4.58. The molecule has 0 aliphatic rings. The van der Waals surface area contributed by atoms with E-state index in [1.54, 1.807) is 13.0 Å². The van der Waals surface area contributed by atoms with Gasteiger partial charge in [-0.1, -0.05) is 0 Å². The lowest BCUT2D eigenvalue weighted by atomic mass is 10.1. The number of nitrogens with one attached hydrogen (secondary N) is 1. The van der Waals surface area contributed by atoms with Crippen LogP contribution in [0.25, 0.3) is 5.76 Å². The van der Waals surface area contributed by atoms with Crippen LogP contribution in [0.4, 0.5) is 5.69 Å². The Balaban J connectivity index is 2.86. The monoisotopic (exact) mass is 332 g/mol. The van der Waals surface area contributed by atoms with Crippen molar-refractivity contribution >= 4 is 29.3 Å². The van der Waals surface area contributed by atoms with Gasteiger partial charge in [-0.3, -0.25) is 9.59 Å². The van der Waals surface area contributed by atoms with Gasteiger partial charge in [0, 0.05) is 17.7 Å². The zero-order valence-electron chi connectivity index (χ0n) is 12.9. The molecule has 8 heteroatoms. The van der Waals surface area contributed by atoms with Crippen molar-refractivity contribution < 1.29 is 29.3 Å². The van der Waals surface area contributed by atoms with E-state index in [0.29, 0.717) is 5.69 Å². The molecule has 0 aliphatic heterocycles. The van der Waals surface area contributed by atoms with E-state index >= 15 is 0 Å². The Morgan fingerprint density at radius 3 is 2.29 bits per heavy atom. The van der Waals surface area contributed by atoms with Crippen LogP contribution >= 0.6 is 0 Å². The summed E-state index contributed by atoms with van der Waals surface area (Å²) < 4.78 is 4.68. The SMILES string of the molecule is CCOC(=O)/C(C#N)=C(\O)c1ccc(NC(=O)CCC(=O)O)cc1. The van der Waals surface area contributed by atoms with E-state index in [1.807, 2.05) is 0 Å². The van der Waals surface area contributed by atoms with Crippen LogP contribution in [0.5, 0.6) is 0 Å². The van der Waals surface area contributed by atoms with Gasteiger partial charge in [0.25, 0.3) is 0 Å². The summed E-state index contributed by atoms with van der Waals surface area (Å²) in [5, 5.41) is 30.0. The number of nitrogens with zero attached hydrogens (tertiary/aromatic N) is 1. The van der Waals surface area contributed by atoms with E-state index in [0.717, 1.165) is 0 Å². The molecule has 0 heterocycles. The molecular formula is C16H16N2O6. The Kier molecular flexibility index (Phi) is 6.97. The molecule has 0 saturated carbocycles. The second-order valence-electron chi connectivity index (χ2n) is 4.58. The number of anilines is 1. The fourth-order valence-corrected chi connectivity index (χ4v) is 1.70. The summed E-state index contributed by atoms with van der Waals surface area (Å²) in [5.74, 6) is -2.99. The first kappa shape index (κ1) is 18.7. The Bertz CT molecular complexity index is 700. The molecule has 0 aliphatic carbocycles. The van der Waals surface area contributed by atoms with Gasteiger partial charge in [0.2, 0.25) is 5.91 Å². The molecule has 3 N–H and O–H groups in total. The lowest BCUT2D eigenvalue weighted by molar-refractivity contribution is -0.138. The van der Waals surface area contributed by atoms with Gasteiger partial charge >= 0.3 is 11.9 Å². The number of hydrogen-bond donors (Lipinski definition) is 3. The van der Waals surface area contributed by atoms with Crippen molar-refractivity contribution in [1.82, 2.24) is 0 Å². The molecule has 8 nitrogen and oxygen atoms in total. The molecule has 0 saturated heterocycles. The Morgan fingerprint density at radius 1 is 1.17 bits per heavy atom. The fourth-order valence-electron chi connectivity index (χ4n) is 1.70.